The maximum absolute atomic E-state index is 11.6. The number of benzene rings is 1. The van der Waals surface area contributed by atoms with E-state index in [4.69, 9.17) is 5.73 Å². The van der Waals surface area contributed by atoms with Crippen LogP contribution in [-0.2, 0) is 16.0 Å². The van der Waals surface area contributed by atoms with Crippen molar-refractivity contribution in [2.75, 3.05) is 12.8 Å². The molecule has 0 atom stereocenters. The minimum Gasteiger partial charge on any atom is -0.469 e. The number of nitrogens with zero attached hydrogens (tertiary/aromatic N) is 1. The van der Waals surface area contributed by atoms with E-state index in [9.17, 15) is 14.9 Å². The lowest BCUT2D eigenvalue weighted by Crippen LogP contribution is -2.11. The van der Waals surface area contributed by atoms with Crippen molar-refractivity contribution in [2.24, 2.45) is 5.92 Å². The van der Waals surface area contributed by atoms with Gasteiger partial charge < -0.3 is 10.5 Å². The van der Waals surface area contributed by atoms with Gasteiger partial charge in [-0.3, -0.25) is 14.9 Å². The molecular formula is C15H15BrN2O4. The Labute approximate surface area is 136 Å². The number of ether oxygens (including phenoxy) is 1. The number of methoxy groups -OCH3 is 1. The highest BCUT2D eigenvalue weighted by Crippen LogP contribution is 2.39. The van der Waals surface area contributed by atoms with Crippen LogP contribution >= 0.6 is 15.9 Å². The molecule has 1 aromatic carbocycles. The molecule has 1 aliphatic carbocycles. The monoisotopic (exact) mass is 366 g/mol. The first-order valence-corrected chi connectivity index (χ1v) is 7.49. The van der Waals surface area contributed by atoms with Crippen LogP contribution in [0.2, 0.25) is 0 Å². The summed E-state index contributed by atoms with van der Waals surface area (Å²) in [6.07, 6.45) is 1.99. The van der Waals surface area contributed by atoms with Gasteiger partial charge in [-0.1, -0.05) is 11.8 Å². The van der Waals surface area contributed by atoms with Crippen molar-refractivity contribution in [2.45, 2.75) is 26.2 Å². The number of anilines is 1. The number of carbonyl (C=O) groups excluding carboxylic acids is 1. The van der Waals surface area contributed by atoms with E-state index in [1.165, 1.54) is 7.11 Å². The molecule has 6 nitrogen and oxygen atoms in total. The molecule has 0 aromatic heterocycles. The summed E-state index contributed by atoms with van der Waals surface area (Å²) >= 11 is 3.38. The average molecular weight is 367 g/mol. The third-order valence-corrected chi connectivity index (χ3v) is 4.40. The van der Waals surface area contributed by atoms with Gasteiger partial charge in [0.05, 0.1) is 24.0 Å². The molecule has 0 saturated heterocycles. The van der Waals surface area contributed by atoms with E-state index in [2.05, 4.69) is 32.5 Å². The Kier molecular flexibility index (Phi) is 4.71. The van der Waals surface area contributed by atoms with Crippen LogP contribution in [0.4, 0.5) is 11.4 Å². The summed E-state index contributed by atoms with van der Waals surface area (Å²) in [4.78, 5) is 22.3. The summed E-state index contributed by atoms with van der Waals surface area (Å²) in [5, 5.41) is 11.3. The van der Waals surface area contributed by atoms with Crippen LogP contribution in [0.25, 0.3) is 0 Å². The third-order valence-electron chi connectivity index (χ3n) is 3.53. The second-order valence-corrected chi connectivity index (χ2v) is 5.90. The molecule has 0 amide bonds. The Balaban J connectivity index is 2.64. The van der Waals surface area contributed by atoms with Gasteiger partial charge in [-0.15, -0.1) is 0 Å². The lowest BCUT2D eigenvalue weighted by atomic mass is 9.98. The molecule has 1 saturated carbocycles. The Morgan fingerprint density at radius 1 is 1.55 bits per heavy atom. The quantitative estimate of drug-likeness (QED) is 0.291. The van der Waals surface area contributed by atoms with Gasteiger partial charge in [0.1, 0.15) is 5.69 Å². The van der Waals surface area contributed by atoms with Crippen LogP contribution < -0.4 is 5.73 Å². The van der Waals surface area contributed by atoms with Gasteiger partial charge in [-0.2, -0.15) is 0 Å². The zero-order valence-corrected chi connectivity index (χ0v) is 13.8. The van der Waals surface area contributed by atoms with Gasteiger partial charge >= 0.3 is 5.97 Å². The molecule has 0 heterocycles. The fourth-order valence-corrected chi connectivity index (χ4v) is 2.83. The summed E-state index contributed by atoms with van der Waals surface area (Å²) in [7, 11) is 1.27. The predicted molar refractivity (Wildman–Crippen MR) is 85.3 cm³/mol. The summed E-state index contributed by atoms with van der Waals surface area (Å²) in [5.41, 5.74) is 6.94. The molecule has 22 heavy (non-hydrogen) atoms. The number of hydrogen-bond acceptors (Lipinski definition) is 5. The first-order valence-electron chi connectivity index (χ1n) is 6.70. The van der Waals surface area contributed by atoms with Gasteiger partial charge in [0.2, 0.25) is 0 Å². The van der Waals surface area contributed by atoms with Crippen LogP contribution in [0, 0.1) is 34.8 Å². The van der Waals surface area contributed by atoms with E-state index in [-0.39, 0.29) is 17.8 Å². The van der Waals surface area contributed by atoms with Gasteiger partial charge in [0.15, 0.2) is 0 Å². The van der Waals surface area contributed by atoms with Crippen molar-refractivity contribution >= 4 is 33.3 Å². The number of nitrogens with two attached hydrogens (primary N) is 1. The fraction of sp³-hybridized carbons (Fsp3) is 0.400. The van der Waals surface area contributed by atoms with Gasteiger partial charge in [0, 0.05) is 16.0 Å². The van der Waals surface area contributed by atoms with Crippen molar-refractivity contribution in [3.8, 4) is 11.8 Å². The zero-order chi connectivity index (χ0) is 16.4. The second-order valence-electron chi connectivity index (χ2n) is 5.11. The number of nitro benzene ring substituents is 1. The number of carbonyl (C=O) groups is 1. The van der Waals surface area contributed by atoms with E-state index in [0.29, 0.717) is 27.1 Å². The second kappa shape index (κ2) is 6.36. The number of hydrogen-bond donors (Lipinski definition) is 1. The normalized spacial score (nSPS) is 13.2. The first kappa shape index (κ1) is 16.3. The molecule has 1 fully saturated rings. The van der Waals surface area contributed by atoms with Crippen LogP contribution in [0.3, 0.4) is 0 Å². The highest BCUT2D eigenvalue weighted by atomic mass is 79.9. The van der Waals surface area contributed by atoms with Crippen molar-refractivity contribution in [3.63, 3.8) is 0 Å². The smallest absolute Gasteiger partial charge is 0.310 e. The lowest BCUT2D eigenvalue weighted by Gasteiger charge is -2.13. The van der Waals surface area contributed by atoms with Crippen molar-refractivity contribution in [3.05, 3.63) is 31.3 Å². The Morgan fingerprint density at radius 3 is 2.68 bits per heavy atom. The molecule has 2 rings (SSSR count). The molecule has 0 spiro atoms. The minimum absolute atomic E-state index is 0.0242. The molecule has 0 radical (unpaired) electrons. The summed E-state index contributed by atoms with van der Waals surface area (Å²) in [6, 6.07) is 0. The number of nitro groups is 1. The van der Waals surface area contributed by atoms with Gasteiger partial charge in [-0.05, 0) is 41.3 Å². The molecule has 2 N–H and O–H groups in total. The van der Waals surface area contributed by atoms with Crippen LogP contribution in [0.15, 0.2) is 4.47 Å². The maximum atomic E-state index is 11.6. The summed E-state index contributed by atoms with van der Waals surface area (Å²) < 4.78 is 5.17. The molecule has 1 aliphatic rings. The first-order chi connectivity index (χ1) is 10.4. The van der Waals surface area contributed by atoms with E-state index in [1.54, 1.807) is 6.92 Å². The van der Waals surface area contributed by atoms with E-state index in [1.807, 2.05) is 0 Å². The number of rotatable bonds is 3. The Bertz CT molecular complexity index is 715. The molecule has 7 heteroatoms. The number of halogens is 1. The van der Waals surface area contributed by atoms with Crippen molar-refractivity contribution in [1.82, 2.24) is 0 Å². The average Bonchev–Trinajstić information content (AvgIpc) is 3.26. The van der Waals surface area contributed by atoms with E-state index in [0.717, 1.165) is 12.8 Å². The Hall–Kier alpha value is -2.07. The lowest BCUT2D eigenvalue weighted by molar-refractivity contribution is -0.384. The number of esters is 1. The molecule has 0 unspecified atom stereocenters. The summed E-state index contributed by atoms with van der Waals surface area (Å²) in [6.45, 7) is 1.57. The van der Waals surface area contributed by atoms with E-state index >= 15 is 0 Å². The summed E-state index contributed by atoms with van der Waals surface area (Å²) in [5.74, 6) is 5.80. The van der Waals surface area contributed by atoms with Crippen LogP contribution in [0.1, 0.15) is 29.5 Å². The van der Waals surface area contributed by atoms with Gasteiger partial charge in [-0.25, -0.2) is 0 Å². The largest absolute Gasteiger partial charge is 0.469 e. The third kappa shape index (κ3) is 3.22. The predicted octanol–water partition coefficient (Wildman–Crippen LogP) is 2.72. The molecular weight excluding hydrogens is 352 g/mol. The standard InChI is InChI=1S/C15H15BrN2O4/c1-8-11(7-12(19)22-2)13(16)10(6-5-9-3-4-9)14(17)15(8)18(20)21/h9H,3-4,7,17H2,1-2H3. The van der Waals surface area contributed by atoms with Crippen LogP contribution in [-0.4, -0.2) is 18.0 Å². The van der Waals surface area contributed by atoms with Crippen molar-refractivity contribution in [1.29, 1.82) is 0 Å². The number of nitrogen functional groups attached to an aromatic ring is 1. The van der Waals surface area contributed by atoms with Gasteiger partial charge in [0.25, 0.3) is 5.69 Å². The molecule has 116 valence electrons. The zero-order valence-electron chi connectivity index (χ0n) is 12.2. The highest BCUT2D eigenvalue weighted by Gasteiger charge is 2.27. The minimum atomic E-state index is -0.541. The maximum Gasteiger partial charge on any atom is 0.310 e. The van der Waals surface area contributed by atoms with Crippen LogP contribution in [0.5, 0.6) is 0 Å². The molecule has 0 bridgehead atoms. The molecule has 0 aliphatic heterocycles. The van der Waals surface area contributed by atoms with E-state index < -0.39 is 10.9 Å². The van der Waals surface area contributed by atoms with Crippen molar-refractivity contribution < 1.29 is 14.5 Å². The SMILES string of the molecule is COC(=O)Cc1c(C)c([N+](=O)[O-])c(N)c(C#CC2CC2)c1Br. The highest BCUT2D eigenvalue weighted by molar-refractivity contribution is 9.10. The fourth-order valence-electron chi connectivity index (χ4n) is 2.08. The molecule has 1 aromatic rings. The topological polar surface area (TPSA) is 95.5 Å². The Morgan fingerprint density at radius 2 is 2.18 bits per heavy atom.